The maximum Gasteiger partial charge on any atom is 0.0726 e. The molecule has 1 N–H and O–H groups in total. The van der Waals surface area contributed by atoms with Crippen LogP contribution in [0.3, 0.4) is 0 Å². The van der Waals surface area contributed by atoms with Crippen LogP contribution in [0.4, 0.5) is 0 Å². The van der Waals surface area contributed by atoms with Crippen LogP contribution >= 0.6 is 0 Å². The average molecular weight is 229 g/mol. The Bertz CT molecular complexity index is 179. The van der Waals surface area contributed by atoms with Gasteiger partial charge in [-0.15, -0.1) is 0 Å². The lowest BCUT2D eigenvalue weighted by molar-refractivity contribution is 0.0315. The number of hydrogen-bond acceptors (Lipinski definition) is 3. The van der Waals surface area contributed by atoms with E-state index in [-0.39, 0.29) is 0 Å². The molecule has 3 atom stereocenters. The van der Waals surface area contributed by atoms with Crippen molar-refractivity contribution in [3.8, 4) is 0 Å². The molecule has 0 aromatic heterocycles. The summed E-state index contributed by atoms with van der Waals surface area (Å²) in [6, 6.07) is 0.445. The molecule has 1 fully saturated rings. The largest absolute Gasteiger partial charge is 0.377 e. The topological polar surface area (TPSA) is 30.5 Å². The number of nitrogens with one attached hydrogen (secondary N) is 1. The van der Waals surface area contributed by atoms with E-state index in [1.54, 1.807) is 0 Å². The lowest BCUT2D eigenvalue weighted by Gasteiger charge is -2.21. The van der Waals surface area contributed by atoms with E-state index in [0.29, 0.717) is 24.2 Å². The maximum atomic E-state index is 5.71. The van der Waals surface area contributed by atoms with E-state index in [9.17, 15) is 0 Å². The van der Waals surface area contributed by atoms with Crippen LogP contribution in [0.5, 0.6) is 0 Å². The third-order valence-corrected chi connectivity index (χ3v) is 3.41. The van der Waals surface area contributed by atoms with E-state index in [4.69, 9.17) is 9.47 Å². The minimum absolute atomic E-state index is 0.347. The lowest BCUT2D eigenvalue weighted by Crippen LogP contribution is -2.39. The molecule has 0 aromatic rings. The van der Waals surface area contributed by atoms with Gasteiger partial charge in [-0.1, -0.05) is 13.8 Å². The summed E-state index contributed by atoms with van der Waals surface area (Å²) >= 11 is 0. The van der Waals surface area contributed by atoms with Crippen molar-refractivity contribution in [2.24, 2.45) is 5.92 Å². The van der Waals surface area contributed by atoms with Crippen molar-refractivity contribution in [3.63, 3.8) is 0 Å². The second-order valence-electron chi connectivity index (χ2n) is 5.11. The molecule has 0 saturated carbocycles. The Morgan fingerprint density at radius 2 is 2.06 bits per heavy atom. The van der Waals surface area contributed by atoms with Gasteiger partial charge in [-0.05, 0) is 32.6 Å². The summed E-state index contributed by atoms with van der Waals surface area (Å²) in [4.78, 5) is 0. The first-order valence-corrected chi connectivity index (χ1v) is 6.58. The van der Waals surface area contributed by atoms with Crippen molar-refractivity contribution in [3.05, 3.63) is 0 Å². The minimum Gasteiger partial charge on any atom is -0.377 e. The van der Waals surface area contributed by atoms with Crippen molar-refractivity contribution < 1.29 is 9.47 Å². The van der Waals surface area contributed by atoms with Gasteiger partial charge in [0.1, 0.15) is 0 Å². The van der Waals surface area contributed by atoms with Crippen LogP contribution in [0.15, 0.2) is 0 Å². The van der Waals surface area contributed by atoms with Gasteiger partial charge in [-0.25, -0.2) is 0 Å². The molecule has 1 rings (SSSR count). The van der Waals surface area contributed by atoms with Crippen LogP contribution in [-0.2, 0) is 9.47 Å². The van der Waals surface area contributed by atoms with E-state index in [1.807, 2.05) is 0 Å². The maximum absolute atomic E-state index is 5.71. The van der Waals surface area contributed by atoms with Crippen molar-refractivity contribution in [2.45, 2.75) is 58.8 Å². The number of ether oxygens (including phenoxy) is 2. The molecule has 0 aromatic carbocycles. The van der Waals surface area contributed by atoms with Crippen LogP contribution in [0.2, 0.25) is 0 Å². The molecule has 0 amide bonds. The molecular weight excluding hydrogens is 202 g/mol. The van der Waals surface area contributed by atoms with Crippen LogP contribution in [0.25, 0.3) is 0 Å². The Labute approximate surface area is 99.9 Å². The fourth-order valence-corrected chi connectivity index (χ4v) is 1.85. The van der Waals surface area contributed by atoms with Gasteiger partial charge in [0.05, 0.1) is 18.8 Å². The monoisotopic (exact) mass is 229 g/mol. The quantitative estimate of drug-likeness (QED) is 0.679. The van der Waals surface area contributed by atoms with Crippen molar-refractivity contribution in [1.82, 2.24) is 5.32 Å². The van der Waals surface area contributed by atoms with Gasteiger partial charge >= 0.3 is 0 Å². The van der Waals surface area contributed by atoms with E-state index in [1.165, 1.54) is 12.8 Å². The molecule has 3 unspecified atom stereocenters. The lowest BCUT2D eigenvalue weighted by atomic mass is 10.1. The van der Waals surface area contributed by atoms with Crippen molar-refractivity contribution in [1.29, 1.82) is 0 Å². The van der Waals surface area contributed by atoms with Gasteiger partial charge in [0.15, 0.2) is 0 Å². The summed E-state index contributed by atoms with van der Waals surface area (Å²) in [5.74, 6) is 0.593. The summed E-state index contributed by atoms with van der Waals surface area (Å²) < 4.78 is 11.3. The number of rotatable bonds is 7. The Balaban J connectivity index is 2.01. The van der Waals surface area contributed by atoms with Crippen LogP contribution in [0, 0.1) is 5.92 Å². The predicted molar refractivity (Wildman–Crippen MR) is 66.7 cm³/mol. The predicted octanol–water partition coefficient (Wildman–Crippen LogP) is 2.20. The Hall–Kier alpha value is -0.120. The zero-order chi connectivity index (χ0) is 12.0. The molecular formula is C13H27NO2. The molecule has 0 radical (unpaired) electrons. The van der Waals surface area contributed by atoms with Gasteiger partial charge in [0.25, 0.3) is 0 Å². The molecule has 1 aliphatic rings. The second kappa shape index (κ2) is 7.25. The highest BCUT2D eigenvalue weighted by molar-refractivity contribution is 4.76. The van der Waals surface area contributed by atoms with Gasteiger partial charge in [-0.3, -0.25) is 0 Å². The Morgan fingerprint density at radius 1 is 1.31 bits per heavy atom. The third kappa shape index (κ3) is 4.81. The highest BCUT2D eigenvalue weighted by atomic mass is 16.5. The van der Waals surface area contributed by atoms with Crippen LogP contribution < -0.4 is 5.32 Å². The summed E-state index contributed by atoms with van der Waals surface area (Å²) in [6.07, 6.45) is 3.15. The fourth-order valence-electron chi connectivity index (χ4n) is 1.85. The van der Waals surface area contributed by atoms with Gasteiger partial charge < -0.3 is 14.8 Å². The molecule has 0 spiro atoms. The minimum atomic E-state index is 0.347. The molecule has 1 heterocycles. The van der Waals surface area contributed by atoms with Gasteiger partial charge in [0, 0.05) is 19.2 Å². The fraction of sp³-hybridized carbons (Fsp3) is 1.00. The second-order valence-corrected chi connectivity index (χ2v) is 5.11. The molecule has 3 nitrogen and oxygen atoms in total. The molecule has 1 saturated heterocycles. The highest BCUT2D eigenvalue weighted by Crippen LogP contribution is 2.15. The molecule has 16 heavy (non-hydrogen) atoms. The zero-order valence-electron chi connectivity index (χ0n) is 11.2. The smallest absolute Gasteiger partial charge is 0.0726 e. The van der Waals surface area contributed by atoms with Gasteiger partial charge in [0.2, 0.25) is 0 Å². The van der Waals surface area contributed by atoms with Crippen molar-refractivity contribution >= 4 is 0 Å². The van der Waals surface area contributed by atoms with Gasteiger partial charge in [-0.2, -0.15) is 0 Å². The van der Waals surface area contributed by atoms with Crippen LogP contribution in [0.1, 0.15) is 40.5 Å². The molecule has 96 valence electrons. The van der Waals surface area contributed by atoms with Crippen molar-refractivity contribution in [2.75, 3.05) is 19.8 Å². The van der Waals surface area contributed by atoms with E-state index >= 15 is 0 Å². The van der Waals surface area contributed by atoms with E-state index < -0.39 is 0 Å². The molecule has 1 aliphatic heterocycles. The summed E-state index contributed by atoms with van der Waals surface area (Å²) in [5.41, 5.74) is 0. The molecule has 0 aliphatic carbocycles. The third-order valence-electron chi connectivity index (χ3n) is 3.41. The first kappa shape index (κ1) is 13.9. The van der Waals surface area contributed by atoms with E-state index in [2.05, 4.69) is 33.0 Å². The first-order chi connectivity index (χ1) is 7.61. The normalized spacial score (nSPS) is 24.9. The summed E-state index contributed by atoms with van der Waals surface area (Å²) in [6.45, 7) is 11.3. The summed E-state index contributed by atoms with van der Waals surface area (Å²) in [7, 11) is 0. The first-order valence-electron chi connectivity index (χ1n) is 6.58. The zero-order valence-corrected chi connectivity index (χ0v) is 11.2. The Kier molecular flexibility index (Phi) is 6.32. The standard InChI is InChI=1S/C13H27NO2/c1-10(2)12(4)15-9-7-14-11(3)13-6-5-8-16-13/h10-14H,5-9H2,1-4H3. The highest BCUT2D eigenvalue weighted by Gasteiger charge is 2.21. The summed E-state index contributed by atoms with van der Waals surface area (Å²) in [5, 5.41) is 3.47. The van der Waals surface area contributed by atoms with E-state index in [0.717, 1.165) is 19.8 Å². The SMILES string of the molecule is CC(C)C(C)OCCNC(C)C1CCCO1. The molecule has 3 heteroatoms. The average Bonchev–Trinajstić information content (AvgIpc) is 2.76. The molecule has 0 bridgehead atoms. The van der Waals surface area contributed by atoms with Crippen LogP contribution in [-0.4, -0.2) is 38.0 Å². The number of hydrogen-bond donors (Lipinski definition) is 1. The Morgan fingerprint density at radius 3 is 2.62 bits per heavy atom.